The highest BCUT2D eigenvalue weighted by atomic mass is 16.5. The maximum Gasteiger partial charge on any atom is 0.126 e. The molecule has 2 aromatic rings. The summed E-state index contributed by atoms with van der Waals surface area (Å²) in [5.41, 5.74) is 4.06. The molecule has 20 heavy (non-hydrogen) atoms. The van der Waals surface area contributed by atoms with E-state index >= 15 is 0 Å². The highest BCUT2D eigenvalue weighted by Crippen LogP contribution is 2.47. The van der Waals surface area contributed by atoms with Crippen molar-refractivity contribution in [2.24, 2.45) is 0 Å². The summed E-state index contributed by atoms with van der Waals surface area (Å²) in [6.07, 6.45) is 0.366. The maximum atomic E-state index is 10.5. The highest BCUT2D eigenvalue weighted by molar-refractivity contribution is 5.80. The SMILES string of the molecule is CNCCCOc1cccc2c1[C@@H](O)c1ccccc1-2. The van der Waals surface area contributed by atoms with Crippen LogP contribution in [0.3, 0.4) is 0 Å². The molecular weight excluding hydrogens is 250 g/mol. The van der Waals surface area contributed by atoms with Crippen molar-refractivity contribution in [3.63, 3.8) is 0 Å². The minimum absolute atomic E-state index is 0.582. The molecule has 1 aliphatic carbocycles. The molecule has 0 aromatic heterocycles. The van der Waals surface area contributed by atoms with Gasteiger partial charge in [0.1, 0.15) is 11.9 Å². The van der Waals surface area contributed by atoms with Crippen molar-refractivity contribution in [2.75, 3.05) is 20.2 Å². The standard InChI is InChI=1S/C17H19NO2/c1-18-10-5-11-20-15-9-4-8-13-12-6-2-3-7-14(12)17(19)16(13)15/h2-4,6-9,17-19H,5,10-11H2,1H3/t17-/m0/s1. The largest absolute Gasteiger partial charge is 0.493 e. The van der Waals surface area contributed by atoms with Gasteiger partial charge in [0.25, 0.3) is 0 Å². The number of benzene rings is 2. The molecule has 0 bridgehead atoms. The first kappa shape index (κ1) is 13.2. The summed E-state index contributed by atoms with van der Waals surface area (Å²) in [5, 5.41) is 13.6. The number of rotatable bonds is 5. The molecule has 0 fully saturated rings. The number of ether oxygens (including phenoxy) is 1. The molecule has 0 unspecified atom stereocenters. The molecular formula is C17H19NO2. The summed E-state index contributed by atoms with van der Waals surface area (Å²) in [5.74, 6) is 0.794. The predicted molar refractivity (Wildman–Crippen MR) is 80.0 cm³/mol. The van der Waals surface area contributed by atoms with E-state index in [1.807, 2.05) is 43.4 Å². The maximum absolute atomic E-state index is 10.5. The molecule has 3 rings (SSSR count). The second-order valence-corrected chi connectivity index (χ2v) is 5.01. The summed E-state index contributed by atoms with van der Waals surface area (Å²) >= 11 is 0. The van der Waals surface area contributed by atoms with Gasteiger partial charge < -0.3 is 15.2 Å². The molecule has 1 atom stereocenters. The van der Waals surface area contributed by atoms with Gasteiger partial charge in [-0.2, -0.15) is 0 Å². The minimum Gasteiger partial charge on any atom is -0.493 e. The van der Waals surface area contributed by atoms with E-state index in [2.05, 4.69) is 11.4 Å². The second-order valence-electron chi connectivity index (χ2n) is 5.01. The molecule has 0 spiro atoms. The van der Waals surface area contributed by atoms with E-state index in [9.17, 15) is 5.11 Å². The van der Waals surface area contributed by atoms with Crippen LogP contribution < -0.4 is 10.1 Å². The smallest absolute Gasteiger partial charge is 0.126 e. The fourth-order valence-corrected chi connectivity index (χ4v) is 2.75. The normalized spacial score (nSPS) is 15.8. The Morgan fingerprint density at radius 3 is 2.75 bits per heavy atom. The molecule has 0 amide bonds. The van der Waals surface area contributed by atoms with Crippen LogP contribution in [0.2, 0.25) is 0 Å². The van der Waals surface area contributed by atoms with Crippen LogP contribution in [0.15, 0.2) is 42.5 Å². The molecule has 0 saturated heterocycles. The van der Waals surface area contributed by atoms with E-state index in [-0.39, 0.29) is 0 Å². The lowest BCUT2D eigenvalue weighted by molar-refractivity contribution is 0.215. The molecule has 1 aliphatic rings. The van der Waals surface area contributed by atoms with Gasteiger partial charge in [0.15, 0.2) is 0 Å². The van der Waals surface area contributed by atoms with E-state index in [0.717, 1.165) is 41.0 Å². The monoisotopic (exact) mass is 269 g/mol. The van der Waals surface area contributed by atoms with Crippen molar-refractivity contribution in [1.82, 2.24) is 5.32 Å². The Morgan fingerprint density at radius 2 is 1.90 bits per heavy atom. The highest BCUT2D eigenvalue weighted by Gasteiger charge is 2.29. The summed E-state index contributed by atoms with van der Waals surface area (Å²) in [6.45, 7) is 1.58. The van der Waals surface area contributed by atoms with Crippen LogP contribution in [0, 0.1) is 0 Å². The molecule has 104 valence electrons. The lowest BCUT2D eigenvalue weighted by Crippen LogP contribution is -2.12. The molecule has 0 radical (unpaired) electrons. The van der Waals surface area contributed by atoms with E-state index < -0.39 is 6.10 Å². The molecule has 0 saturated carbocycles. The van der Waals surface area contributed by atoms with Crippen molar-refractivity contribution >= 4 is 0 Å². The lowest BCUT2D eigenvalue weighted by atomic mass is 10.1. The van der Waals surface area contributed by atoms with Crippen LogP contribution in [-0.4, -0.2) is 25.3 Å². The van der Waals surface area contributed by atoms with Crippen LogP contribution in [0.25, 0.3) is 11.1 Å². The zero-order valence-electron chi connectivity index (χ0n) is 11.6. The third-order valence-corrected chi connectivity index (χ3v) is 3.71. The molecule has 3 heteroatoms. The van der Waals surface area contributed by atoms with Gasteiger partial charge in [-0.05, 0) is 42.8 Å². The van der Waals surface area contributed by atoms with E-state index in [1.165, 1.54) is 0 Å². The number of aliphatic hydroxyl groups is 1. The van der Waals surface area contributed by atoms with Gasteiger partial charge >= 0.3 is 0 Å². The number of nitrogens with one attached hydrogen (secondary N) is 1. The average molecular weight is 269 g/mol. The lowest BCUT2D eigenvalue weighted by Gasteiger charge is -2.13. The van der Waals surface area contributed by atoms with E-state index in [4.69, 9.17) is 4.74 Å². The Balaban J connectivity index is 1.90. The first-order valence-corrected chi connectivity index (χ1v) is 7.00. The molecule has 3 nitrogen and oxygen atoms in total. The summed E-state index contributed by atoms with van der Waals surface area (Å²) in [7, 11) is 1.93. The van der Waals surface area contributed by atoms with Crippen LogP contribution in [0.1, 0.15) is 23.7 Å². The van der Waals surface area contributed by atoms with Gasteiger partial charge in [0, 0.05) is 5.56 Å². The van der Waals surface area contributed by atoms with Crippen LogP contribution in [0.5, 0.6) is 5.75 Å². The fourth-order valence-electron chi connectivity index (χ4n) is 2.75. The van der Waals surface area contributed by atoms with Gasteiger partial charge in [-0.3, -0.25) is 0 Å². The Hall–Kier alpha value is -1.84. The Bertz CT molecular complexity index is 610. The third-order valence-electron chi connectivity index (χ3n) is 3.71. The fraction of sp³-hybridized carbons (Fsp3) is 0.294. The van der Waals surface area contributed by atoms with Crippen LogP contribution in [-0.2, 0) is 0 Å². The number of aliphatic hydroxyl groups excluding tert-OH is 1. The van der Waals surface area contributed by atoms with Crippen LogP contribution in [0.4, 0.5) is 0 Å². The topological polar surface area (TPSA) is 41.5 Å². The zero-order valence-corrected chi connectivity index (χ0v) is 11.6. The first-order chi connectivity index (χ1) is 9.83. The minimum atomic E-state index is -0.582. The van der Waals surface area contributed by atoms with E-state index in [1.54, 1.807) is 0 Å². The predicted octanol–water partition coefficient (Wildman–Crippen LogP) is 2.74. The number of hydrogen-bond donors (Lipinski definition) is 2. The van der Waals surface area contributed by atoms with Crippen LogP contribution >= 0.6 is 0 Å². The van der Waals surface area contributed by atoms with Crippen molar-refractivity contribution in [3.05, 3.63) is 53.6 Å². The van der Waals surface area contributed by atoms with Gasteiger partial charge in [-0.25, -0.2) is 0 Å². The number of hydrogen-bond acceptors (Lipinski definition) is 3. The molecule has 2 N–H and O–H groups in total. The summed E-state index contributed by atoms with van der Waals surface area (Å²) in [6, 6.07) is 14.0. The van der Waals surface area contributed by atoms with Gasteiger partial charge in [-0.15, -0.1) is 0 Å². The molecule has 0 heterocycles. The van der Waals surface area contributed by atoms with Crippen molar-refractivity contribution in [3.8, 4) is 16.9 Å². The zero-order chi connectivity index (χ0) is 13.9. The van der Waals surface area contributed by atoms with Crippen molar-refractivity contribution in [1.29, 1.82) is 0 Å². The quantitative estimate of drug-likeness (QED) is 0.820. The Kier molecular flexibility index (Phi) is 3.72. The van der Waals surface area contributed by atoms with Crippen molar-refractivity contribution < 1.29 is 9.84 Å². The van der Waals surface area contributed by atoms with Gasteiger partial charge in [0.2, 0.25) is 0 Å². The Labute approximate surface area is 119 Å². The summed E-state index contributed by atoms with van der Waals surface area (Å²) in [4.78, 5) is 0. The number of fused-ring (bicyclic) bond motifs is 3. The van der Waals surface area contributed by atoms with E-state index in [0.29, 0.717) is 6.61 Å². The van der Waals surface area contributed by atoms with Crippen molar-refractivity contribution in [2.45, 2.75) is 12.5 Å². The molecule has 2 aromatic carbocycles. The Morgan fingerprint density at radius 1 is 1.10 bits per heavy atom. The summed E-state index contributed by atoms with van der Waals surface area (Å²) < 4.78 is 5.85. The second kappa shape index (κ2) is 5.65. The average Bonchev–Trinajstić information content (AvgIpc) is 2.79. The third kappa shape index (κ3) is 2.19. The first-order valence-electron chi connectivity index (χ1n) is 7.00. The van der Waals surface area contributed by atoms with Gasteiger partial charge in [-0.1, -0.05) is 36.4 Å². The van der Waals surface area contributed by atoms with Gasteiger partial charge in [0.05, 0.1) is 6.61 Å². The molecule has 0 aliphatic heterocycles.